The van der Waals surface area contributed by atoms with Crippen LogP contribution in [-0.2, 0) is 6.42 Å². The van der Waals surface area contributed by atoms with Crippen molar-refractivity contribution in [1.29, 1.82) is 0 Å². The van der Waals surface area contributed by atoms with E-state index in [2.05, 4.69) is 22.2 Å². The Bertz CT molecular complexity index is 854. The van der Waals surface area contributed by atoms with Gasteiger partial charge in [0.1, 0.15) is 11.5 Å². The van der Waals surface area contributed by atoms with E-state index >= 15 is 0 Å². The molecule has 0 radical (unpaired) electrons. The highest BCUT2D eigenvalue weighted by Gasteiger charge is 2.25. The lowest BCUT2D eigenvalue weighted by Gasteiger charge is -2.11. The lowest BCUT2D eigenvalue weighted by Crippen LogP contribution is -2.15. The average Bonchev–Trinajstić information content (AvgIpc) is 3.14. The molecule has 1 amide bonds. The maximum atomic E-state index is 12.6. The third-order valence-corrected chi connectivity index (χ3v) is 4.30. The number of pyridine rings is 2. The molecule has 0 fully saturated rings. The molecule has 1 atom stereocenters. The Kier molecular flexibility index (Phi) is 2.92. The molecule has 1 aliphatic carbocycles. The fourth-order valence-corrected chi connectivity index (χ4v) is 3.15. The van der Waals surface area contributed by atoms with Crippen molar-refractivity contribution >= 4 is 17.4 Å². The molecule has 0 saturated carbocycles. The number of aromatic nitrogens is 3. The minimum Gasteiger partial charge on any atom is -0.306 e. The fourth-order valence-electron chi connectivity index (χ4n) is 3.15. The Morgan fingerprint density at radius 2 is 2.23 bits per heavy atom. The summed E-state index contributed by atoms with van der Waals surface area (Å²) in [6, 6.07) is 7.43. The number of hydrogen-bond acceptors (Lipinski definition) is 3. The van der Waals surface area contributed by atoms with Gasteiger partial charge in [0, 0.05) is 24.3 Å². The Morgan fingerprint density at radius 1 is 1.32 bits per heavy atom. The normalized spacial score (nSPS) is 16.7. The number of aryl methyl sites for hydroxylation is 1. The van der Waals surface area contributed by atoms with Crippen LogP contribution < -0.4 is 5.32 Å². The first kappa shape index (κ1) is 13.0. The summed E-state index contributed by atoms with van der Waals surface area (Å²) in [7, 11) is 0. The lowest BCUT2D eigenvalue weighted by molar-refractivity contribution is 0.102. The number of carbonyl (C=O) groups is 1. The van der Waals surface area contributed by atoms with E-state index in [-0.39, 0.29) is 5.91 Å². The summed E-state index contributed by atoms with van der Waals surface area (Å²) in [4.78, 5) is 21.1. The van der Waals surface area contributed by atoms with Gasteiger partial charge in [0.2, 0.25) is 0 Å². The number of amides is 1. The molecular weight excluding hydrogens is 276 g/mol. The van der Waals surface area contributed by atoms with Gasteiger partial charge in [-0.15, -0.1) is 0 Å². The molecule has 0 aliphatic heterocycles. The molecular formula is C17H16N4O. The van der Waals surface area contributed by atoms with Gasteiger partial charge in [0.05, 0.1) is 5.56 Å². The van der Waals surface area contributed by atoms with E-state index in [0.717, 1.165) is 12.8 Å². The Balaban J connectivity index is 1.80. The molecule has 110 valence electrons. The first-order valence-electron chi connectivity index (χ1n) is 7.45. The van der Waals surface area contributed by atoms with Crippen LogP contribution in [0.5, 0.6) is 0 Å². The number of rotatable bonds is 2. The van der Waals surface area contributed by atoms with Crippen LogP contribution in [0, 0.1) is 0 Å². The van der Waals surface area contributed by atoms with Crippen molar-refractivity contribution in [3.63, 3.8) is 0 Å². The highest BCUT2D eigenvalue weighted by atomic mass is 16.1. The van der Waals surface area contributed by atoms with Gasteiger partial charge in [-0.1, -0.05) is 13.0 Å². The van der Waals surface area contributed by atoms with Gasteiger partial charge in [-0.2, -0.15) is 0 Å². The number of fused-ring (bicyclic) bond motifs is 3. The Morgan fingerprint density at radius 3 is 3.05 bits per heavy atom. The van der Waals surface area contributed by atoms with Crippen LogP contribution in [0.15, 0.2) is 42.9 Å². The van der Waals surface area contributed by atoms with Crippen LogP contribution in [0.4, 0.5) is 5.82 Å². The van der Waals surface area contributed by atoms with E-state index in [0.29, 0.717) is 22.9 Å². The van der Waals surface area contributed by atoms with E-state index in [9.17, 15) is 4.79 Å². The molecule has 0 aromatic carbocycles. The van der Waals surface area contributed by atoms with Crippen molar-refractivity contribution in [3.05, 3.63) is 59.7 Å². The topological polar surface area (TPSA) is 59.3 Å². The number of nitrogens with one attached hydrogen (secondary N) is 1. The molecule has 4 rings (SSSR count). The van der Waals surface area contributed by atoms with E-state index in [4.69, 9.17) is 0 Å². The van der Waals surface area contributed by atoms with Gasteiger partial charge in [0.25, 0.3) is 5.91 Å². The molecule has 3 heterocycles. The number of nitrogens with zero attached hydrogens (tertiary/aromatic N) is 3. The van der Waals surface area contributed by atoms with Gasteiger partial charge in [-0.25, -0.2) is 9.97 Å². The summed E-state index contributed by atoms with van der Waals surface area (Å²) in [5.41, 5.74) is 3.83. The van der Waals surface area contributed by atoms with Crippen LogP contribution in [0.2, 0.25) is 0 Å². The molecule has 3 aromatic heterocycles. The molecule has 3 aromatic rings. The highest BCUT2D eigenvalue weighted by Crippen LogP contribution is 2.34. The van der Waals surface area contributed by atoms with Crippen LogP contribution in [0.3, 0.4) is 0 Å². The van der Waals surface area contributed by atoms with Crippen LogP contribution in [0.1, 0.15) is 40.9 Å². The molecule has 5 nitrogen and oxygen atoms in total. The van der Waals surface area contributed by atoms with Crippen molar-refractivity contribution in [2.75, 3.05) is 5.32 Å². The second kappa shape index (κ2) is 4.94. The quantitative estimate of drug-likeness (QED) is 0.789. The van der Waals surface area contributed by atoms with Crippen molar-refractivity contribution in [3.8, 4) is 0 Å². The second-order valence-corrected chi connectivity index (χ2v) is 5.69. The molecule has 1 N–H and O–H groups in total. The lowest BCUT2D eigenvalue weighted by atomic mass is 10.0. The third kappa shape index (κ3) is 1.97. The number of anilines is 1. The number of carbonyl (C=O) groups excluding carboxylic acids is 1. The monoisotopic (exact) mass is 292 g/mol. The third-order valence-electron chi connectivity index (χ3n) is 4.30. The van der Waals surface area contributed by atoms with E-state index in [1.807, 2.05) is 28.8 Å². The Labute approximate surface area is 128 Å². The smallest absolute Gasteiger partial charge is 0.260 e. The van der Waals surface area contributed by atoms with E-state index in [1.165, 1.54) is 11.3 Å². The summed E-state index contributed by atoms with van der Waals surface area (Å²) < 4.78 is 2.05. The van der Waals surface area contributed by atoms with Gasteiger partial charge in [0.15, 0.2) is 0 Å². The van der Waals surface area contributed by atoms with Gasteiger partial charge in [-0.05, 0) is 42.5 Å². The zero-order chi connectivity index (χ0) is 15.1. The van der Waals surface area contributed by atoms with Crippen molar-refractivity contribution in [2.45, 2.75) is 25.7 Å². The number of hydrogen-bond donors (Lipinski definition) is 1. The maximum Gasteiger partial charge on any atom is 0.260 e. The molecule has 22 heavy (non-hydrogen) atoms. The van der Waals surface area contributed by atoms with Crippen molar-refractivity contribution in [2.24, 2.45) is 0 Å². The van der Waals surface area contributed by atoms with Crippen LogP contribution in [0.25, 0.3) is 5.65 Å². The maximum absolute atomic E-state index is 12.6. The molecule has 0 spiro atoms. The molecule has 0 bridgehead atoms. The zero-order valence-corrected chi connectivity index (χ0v) is 12.3. The Hall–Kier alpha value is -2.69. The standard InChI is InChI=1S/C17H16N4O/c1-11-5-6-14-12(11)10-13(16-19-8-9-21(14)16)17(22)20-15-4-2-3-7-18-15/h2-4,7-11H,5-6H2,1H3,(H,18,20,22)/t11-/m0/s1. The van der Waals surface area contributed by atoms with E-state index in [1.54, 1.807) is 18.5 Å². The van der Waals surface area contributed by atoms with Gasteiger partial charge in [-0.3, -0.25) is 4.79 Å². The first-order chi connectivity index (χ1) is 10.7. The van der Waals surface area contributed by atoms with Crippen molar-refractivity contribution in [1.82, 2.24) is 14.4 Å². The highest BCUT2D eigenvalue weighted by molar-refractivity contribution is 6.08. The fraction of sp³-hybridized carbons (Fsp3) is 0.235. The van der Waals surface area contributed by atoms with E-state index < -0.39 is 0 Å². The van der Waals surface area contributed by atoms with Crippen LogP contribution in [-0.4, -0.2) is 20.3 Å². The molecule has 0 saturated heterocycles. The molecule has 0 unspecified atom stereocenters. The predicted octanol–water partition coefficient (Wildman–Crippen LogP) is 3.03. The average molecular weight is 292 g/mol. The minimum atomic E-state index is -0.170. The SMILES string of the molecule is C[C@H]1CCc2c1cc(C(=O)Nc1ccccn1)c1nccn21. The summed E-state index contributed by atoms with van der Waals surface area (Å²) in [6.07, 6.45) is 7.49. The van der Waals surface area contributed by atoms with Crippen molar-refractivity contribution < 1.29 is 4.79 Å². The van der Waals surface area contributed by atoms with Gasteiger partial charge >= 0.3 is 0 Å². The minimum absolute atomic E-state index is 0.170. The second-order valence-electron chi connectivity index (χ2n) is 5.69. The number of imidazole rings is 1. The molecule has 1 aliphatic rings. The summed E-state index contributed by atoms with van der Waals surface area (Å²) >= 11 is 0. The summed E-state index contributed by atoms with van der Waals surface area (Å²) in [5, 5.41) is 2.84. The molecule has 5 heteroatoms. The first-order valence-corrected chi connectivity index (χ1v) is 7.45. The summed E-state index contributed by atoms with van der Waals surface area (Å²) in [6.45, 7) is 2.20. The predicted molar refractivity (Wildman–Crippen MR) is 84.1 cm³/mol. The summed E-state index contributed by atoms with van der Waals surface area (Å²) in [5.74, 6) is 0.853. The van der Waals surface area contributed by atoms with Gasteiger partial charge < -0.3 is 9.72 Å². The zero-order valence-electron chi connectivity index (χ0n) is 12.3. The van der Waals surface area contributed by atoms with Crippen LogP contribution >= 0.6 is 0 Å². The largest absolute Gasteiger partial charge is 0.306 e.